The number of aliphatic hydroxyl groups excluding tert-OH is 1. The van der Waals surface area contributed by atoms with Crippen molar-refractivity contribution in [1.29, 1.82) is 0 Å². The fourth-order valence-electron chi connectivity index (χ4n) is 2.37. The molecule has 2 atom stereocenters. The standard InChI is InChI=1S/C14H25NO3/c1-10(2)7-14(3,4)6-5-12(16)11-8-18-9-13(17)15-11/h5-6,10-12,16H,7-9H2,1-4H3,(H,15,17)/b6-5+/t11?,12-/m1/s1. The van der Waals surface area contributed by atoms with Crippen molar-refractivity contribution in [3.63, 3.8) is 0 Å². The predicted octanol–water partition coefficient (Wildman–Crippen LogP) is 1.49. The second-order valence-corrected chi connectivity index (χ2v) is 6.13. The minimum Gasteiger partial charge on any atom is -0.387 e. The first-order valence-corrected chi connectivity index (χ1v) is 6.55. The van der Waals surface area contributed by atoms with E-state index in [9.17, 15) is 9.90 Å². The summed E-state index contributed by atoms with van der Waals surface area (Å²) in [5.74, 6) is 0.444. The van der Waals surface area contributed by atoms with Crippen LogP contribution < -0.4 is 5.32 Å². The molecule has 0 saturated carbocycles. The molecule has 18 heavy (non-hydrogen) atoms. The summed E-state index contributed by atoms with van der Waals surface area (Å²) in [6.07, 6.45) is 4.16. The topological polar surface area (TPSA) is 58.6 Å². The van der Waals surface area contributed by atoms with E-state index in [1.54, 1.807) is 6.08 Å². The number of allylic oxidation sites excluding steroid dienone is 1. The van der Waals surface area contributed by atoms with Crippen LogP contribution in [0.4, 0.5) is 0 Å². The quantitative estimate of drug-likeness (QED) is 0.732. The Balaban J connectivity index is 2.52. The Bertz CT molecular complexity index is 310. The zero-order chi connectivity index (χ0) is 13.8. The molecule has 1 heterocycles. The highest BCUT2D eigenvalue weighted by molar-refractivity contribution is 5.78. The monoisotopic (exact) mass is 255 g/mol. The number of carbonyl (C=O) groups excluding carboxylic acids is 1. The Morgan fingerprint density at radius 3 is 2.78 bits per heavy atom. The highest BCUT2D eigenvalue weighted by atomic mass is 16.5. The zero-order valence-corrected chi connectivity index (χ0v) is 11.8. The Labute approximate surface area is 109 Å². The maximum absolute atomic E-state index is 11.2. The molecule has 4 heteroatoms. The van der Waals surface area contributed by atoms with E-state index >= 15 is 0 Å². The van der Waals surface area contributed by atoms with Crippen molar-refractivity contribution in [2.45, 2.75) is 46.3 Å². The lowest BCUT2D eigenvalue weighted by Gasteiger charge is -2.27. The Kier molecular flexibility index (Phi) is 5.35. The molecule has 0 bridgehead atoms. The normalized spacial score (nSPS) is 23.4. The van der Waals surface area contributed by atoms with Gasteiger partial charge in [0.2, 0.25) is 5.91 Å². The SMILES string of the molecule is CC(C)CC(C)(C)/C=C/[C@@H](O)C1COCC(=O)N1. The van der Waals surface area contributed by atoms with Crippen LogP contribution in [0.15, 0.2) is 12.2 Å². The van der Waals surface area contributed by atoms with Crippen LogP contribution in [-0.4, -0.2) is 36.4 Å². The van der Waals surface area contributed by atoms with Crippen LogP contribution in [0.1, 0.15) is 34.1 Å². The van der Waals surface area contributed by atoms with Gasteiger partial charge in [0.15, 0.2) is 0 Å². The molecule has 2 N–H and O–H groups in total. The average molecular weight is 255 g/mol. The summed E-state index contributed by atoms with van der Waals surface area (Å²) in [5.41, 5.74) is 0.0503. The van der Waals surface area contributed by atoms with Crippen LogP contribution >= 0.6 is 0 Å². The zero-order valence-electron chi connectivity index (χ0n) is 11.8. The van der Waals surface area contributed by atoms with Crippen LogP contribution in [0.5, 0.6) is 0 Å². The minimum atomic E-state index is -0.694. The Morgan fingerprint density at radius 2 is 2.22 bits per heavy atom. The van der Waals surface area contributed by atoms with Gasteiger partial charge in [-0.15, -0.1) is 0 Å². The van der Waals surface area contributed by atoms with E-state index in [-0.39, 0.29) is 24.0 Å². The van der Waals surface area contributed by atoms with E-state index in [1.165, 1.54) is 0 Å². The first-order chi connectivity index (χ1) is 8.30. The third-order valence-corrected chi connectivity index (χ3v) is 2.97. The van der Waals surface area contributed by atoms with E-state index in [0.29, 0.717) is 12.5 Å². The minimum absolute atomic E-state index is 0.0503. The number of hydrogen-bond acceptors (Lipinski definition) is 3. The number of carbonyl (C=O) groups is 1. The van der Waals surface area contributed by atoms with E-state index < -0.39 is 6.10 Å². The molecule has 1 fully saturated rings. The maximum Gasteiger partial charge on any atom is 0.246 e. The number of ether oxygens (including phenoxy) is 1. The summed E-state index contributed by atoms with van der Waals surface area (Å²) in [7, 11) is 0. The van der Waals surface area contributed by atoms with Gasteiger partial charge in [-0.05, 0) is 17.8 Å². The van der Waals surface area contributed by atoms with Crippen molar-refractivity contribution >= 4 is 5.91 Å². The molecule has 1 aliphatic rings. The van der Waals surface area contributed by atoms with E-state index in [0.717, 1.165) is 6.42 Å². The van der Waals surface area contributed by atoms with Crippen LogP contribution in [0.3, 0.4) is 0 Å². The van der Waals surface area contributed by atoms with Gasteiger partial charge in [0, 0.05) is 0 Å². The fraction of sp³-hybridized carbons (Fsp3) is 0.786. The summed E-state index contributed by atoms with van der Waals surface area (Å²) in [6.45, 7) is 9.11. The molecule has 0 spiro atoms. The first kappa shape index (κ1) is 15.2. The van der Waals surface area contributed by atoms with Gasteiger partial charge in [-0.2, -0.15) is 0 Å². The average Bonchev–Trinajstić information content (AvgIpc) is 2.24. The number of aliphatic hydroxyl groups is 1. The van der Waals surface area contributed by atoms with Gasteiger partial charge in [-0.25, -0.2) is 0 Å². The first-order valence-electron chi connectivity index (χ1n) is 6.55. The van der Waals surface area contributed by atoms with Crippen molar-refractivity contribution in [1.82, 2.24) is 5.32 Å². The molecule has 1 amide bonds. The highest BCUT2D eigenvalue weighted by Gasteiger charge is 2.25. The number of hydrogen-bond donors (Lipinski definition) is 2. The molecule has 1 aliphatic heterocycles. The molecule has 1 unspecified atom stereocenters. The van der Waals surface area contributed by atoms with Gasteiger partial charge < -0.3 is 15.2 Å². The van der Waals surface area contributed by atoms with E-state index in [4.69, 9.17) is 4.74 Å². The highest BCUT2D eigenvalue weighted by Crippen LogP contribution is 2.27. The van der Waals surface area contributed by atoms with Gasteiger partial charge in [-0.3, -0.25) is 4.79 Å². The van der Waals surface area contributed by atoms with Gasteiger partial charge in [0.25, 0.3) is 0 Å². The molecule has 0 aliphatic carbocycles. The van der Waals surface area contributed by atoms with Crippen LogP contribution in [0.25, 0.3) is 0 Å². The van der Waals surface area contributed by atoms with Gasteiger partial charge in [0.05, 0.1) is 18.8 Å². The molecule has 0 radical (unpaired) electrons. The molecule has 0 aromatic heterocycles. The fourth-order valence-corrected chi connectivity index (χ4v) is 2.37. The molecule has 0 aromatic carbocycles. The molecule has 1 saturated heterocycles. The van der Waals surface area contributed by atoms with E-state index in [1.807, 2.05) is 6.08 Å². The predicted molar refractivity (Wildman–Crippen MR) is 71.1 cm³/mol. The Hall–Kier alpha value is -0.870. The number of amides is 1. The lowest BCUT2D eigenvalue weighted by molar-refractivity contribution is -0.133. The summed E-state index contributed by atoms with van der Waals surface area (Å²) >= 11 is 0. The second-order valence-electron chi connectivity index (χ2n) is 6.13. The van der Waals surface area contributed by atoms with Gasteiger partial charge >= 0.3 is 0 Å². The van der Waals surface area contributed by atoms with Crippen molar-refractivity contribution in [3.05, 3.63) is 12.2 Å². The third kappa shape index (κ3) is 5.19. The number of nitrogens with one attached hydrogen (secondary N) is 1. The van der Waals surface area contributed by atoms with Gasteiger partial charge in [0.1, 0.15) is 6.61 Å². The summed E-state index contributed by atoms with van der Waals surface area (Å²) in [6, 6.07) is -0.336. The lowest BCUT2D eigenvalue weighted by Crippen LogP contribution is -2.51. The van der Waals surface area contributed by atoms with Gasteiger partial charge in [-0.1, -0.05) is 39.8 Å². The maximum atomic E-state index is 11.2. The molecule has 104 valence electrons. The molecule has 4 nitrogen and oxygen atoms in total. The smallest absolute Gasteiger partial charge is 0.246 e. The van der Waals surface area contributed by atoms with Crippen molar-refractivity contribution < 1.29 is 14.6 Å². The van der Waals surface area contributed by atoms with Crippen LogP contribution in [-0.2, 0) is 9.53 Å². The lowest BCUT2D eigenvalue weighted by atomic mass is 9.83. The van der Waals surface area contributed by atoms with Crippen LogP contribution in [0.2, 0.25) is 0 Å². The third-order valence-electron chi connectivity index (χ3n) is 2.97. The van der Waals surface area contributed by atoms with E-state index in [2.05, 4.69) is 33.0 Å². The van der Waals surface area contributed by atoms with Crippen molar-refractivity contribution in [3.8, 4) is 0 Å². The second kappa shape index (κ2) is 6.34. The molecule has 0 aromatic rings. The van der Waals surface area contributed by atoms with Crippen molar-refractivity contribution in [2.75, 3.05) is 13.2 Å². The summed E-state index contributed by atoms with van der Waals surface area (Å²) in [5, 5.41) is 12.7. The summed E-state index contributed by atoms with van der Waals surface area (Å²) in [4.78, 5) is 11.2. The summed E-state index contributed by atoms with van der Waals surface area (Å²) < 4.78 is 5.11. The molecular formula is C14H25NO3. The number of morpholine rings is 1. The molecular weight excluding hydrogens is 230 g/mol. The molecule has 1 rings (SSSR count). The van der Waals surface area contributed by atoms with Crippen molar-refractivity contribution in [2.24, 2.45) is 11.3 Å². The Morgan fingerprint density at radius 1 is 1.56 bits per heavy atom. The van der Waals surface area contributed by atoms with Crippen LogP contribution in [0, 0.1) is 11.3 Å². The largest absolute Gasteiger partial charge is 0.387 e. The number of rotatable bonds is 5.